The Labute approximate surface area is 90.7 Å². The van der Waals surface area contributed by atoms with Crippen molar-refractivity contribution in [2.24, 2.45) is 0 Å². The first-order valence-electron chi connectivity index (χ1n) is 4.03. The van der Waals surface area contributed by atoms with Crippen molar-refractivity contribution in [2.75, 3.05) is 18.9 Å². The second kappa shape index (κ2) is 4.77. The van der Waals surface area contributed by atoms with Crippen molar-refractivity contribution in [1.82, 2.24) is 4.90 Å². The van der Waals surface area contributed by atoms with E-state index in [9.17, 15) is 4.79 Å². The summed E-state index contributed by atoms with van der Waals surface area (Å²) < 4.78 is 0. The molecule has 1 heterocycles. The molecule has 0 N–H and O–H groups in total. The minimum atomic E-state index is 0.109. The summed E-state index contributed by atoms with van der Waals surface area (Å²) in [6, 6.07) is 3.85. The van der Waals surface area contributed by atoms with Gasteiger partial charge in [0.15, 0.2) is 0 Å². The van der Waals surface area contributed by atoms with Crippen molar-refractivity contribution in [3.63, 3.8) is 0 Å². The smallest absolute Gasteiger partial charge is 0.263 e. The van der Waals surface area contributed by atoms with Gasteiger partial charge in [-0.25, -0.2) is 0 Å². The minimum Gasteiger partial charge on any atom is -0.340 e. The van der Waals surface area contributed by atoms with Gasteiger partial charge in [-0.3, -0.25) is 4.79 Å². The molecule has 0 spiro atoms. The molecule has 0 bridgehead atoms. The Morgan fingerprint density at radius 2 is 2.31 bits per heavy atom. The van der Waals surface area contributed by atoms with Gasteiger partial charge in [0, 0.05) is 23.8 Å². The molecule has 0 aliphatic rings. The van der Waals surface area contributed by atoms with E-state index in [1.807, 2.05) is 26.1 Å². The highest BCUT2D eigenvalue weighted by atomic mass is 79.9. The monoisotopic (exact) mass is 261 g/mol. The Morgan fingerprint density at radius 3 is 2.77 bits per heavy atom. The van der Waals surface area contributed by atoms with Gasteiger partial charge in [-0.05, 0) is 19.1 Å². The molecular formula is C9H12BrNOS. The van der Waals surface area contributed by atoms with Gasteiger partial charge < -0.3 is 4.90 Å². The number of amides is 1. The summed E-state index contributed by atoms with van der Waals surface area (Å²) in [4.78, 5) is 15.4. The second-order valence-electron chi connectivity index (χ2n) is 2.83. The van der Waals surface area contributed by atoms with Crippen LogP contribution in [0.3, 0.4) is 0 Å². The number of hydrogen-bond donors (Lipinski definition) is 0. The Bertz CT molecular complexity index is 298. The molecule has 1 amide bonds. The molecule has 2 nitrogen and oxygen atoms in total. The number of hydrogen-bond acceptors (Lipinski definition) is 2. The zero-order chi connectivity index (χ0) is 9.84. The fourth-order valence-corrected chi connectivity index (χ4v) is 2.36. The molecule has 0 aliphatic carbocycles. The molecule has 0 unspecified atom stereocenters. The van der Waals surface area contributed by atoms with E-state index in [2.05, 4.69) is 15.9 Å². The van der Waals surface area contributed by atoms with Crippen LogP contribution in [0.25, 0.3) is 0 Å². The molecule has 72 valence electrons. The molecule has 1 aromatic heterocycles. The third-order valence-corrected chi connectivity index (χ3v) is 3.06. The zero-order valence-corrected chi connectivity index (χ0v) is 10.1. The maximum atomic E-state index is 11.7. The molecule has 0 aromatic carbocycles. The van der Waals surface area contributed by atoms with Gasteiger partial charge in [0.25, 0.3) is 5.91 Å². The van der Waals surface area contributed by atoms with Gasteiger partial charge in [0.1, 0.15) is 0 Å². The topological polar surface area (TPSA) is 20.3 Å². The van der Waals surface area contributed by atoms with Gasteiger partial charge in [-0.15, -0.1) is 11.3 Å². The van der Waals surface area contributed by atoms with E-state index in [4.69, 9.17) is 0 Å². The lowest BCUT2D eigenvalue weighted by molar-refractivity contribution is 0.0809. The molecule has 0 saturated heterocycles. The molecule has 4 heteroatoms. The van der Waals surface area contributed by atoms with Crippen molar-refractivity contribution in [3.8, 4) is 0 Å². The first kappa shape index (κ1) is 10.7. The molecule has 0 atom stereocenters. The number of nitrogens with zero attached hydrogens (tertiary/aromatic N) is 1. The Balaban J connectivity index is 2.67. The summed E-state index contributed by atoms with van der Waals surface area (Å²) in [6.07, 6.45) is 0. The second-order valence-corrected chi connectivity index (χ2v) is 4.91. The minimum absolute atomic E-state index is 0.109. The highest BCUT2D eigenvalue weighted by molar-refractivity contribution is 9.09. The number of thiophene rings is 1. The third kappa shape index (κ3) is 2.81. The van der Waals surface area contributed by atoms with Crippen LogP contribution in [0.4, 0.5) is 0 Å². The fourth-order valence-electron chi connectivity index (χ4n) is 0.966. The number of carbonyl (C=O) groups is 1. The van der Waals surface area contributed by atoms with Crippen LogP contribution in [0.1, 0.15) is 14.5 Å². The van der Waals surface area contributed by atoms with Gasteiger partial charge in [-0.2, -0.15) is 0 Å². The van der Waals surface area contributed by atoms with Crippen LogP contribution in [0.15, 0.2) is 12.1 Å². The van der Waals surface area contributed by atoms with Crippen LogP contribution in [-0.2, 0) is 0 Å². The van der Waals surface area contributed by atoms with Gasteiger partial charge in [0.2, 0.25) is 0 Å². The van der Waals surface area contributed by atoms with Crippen molar-refractivity contribution in [2.45, 2.75) is 6.92 Å². The predicted molar refractivity (Wildman–Crippen MR) is 59.8 cm³/mol. The lowest BCUT2D eigenvalue weighted by Gasteiger charge is -2.13. The van der Waals surface area contributed by atoms with Crippen LogP contribution >= 0.6 is 27.3 Å². The van der Waals surface area contributed by atoms with E-state index in [0.717, 1.165) is 16.8 Å². The standard InChI is InChI=1S/C9H12BrNOS/c1-7-3-4-8(13-7)9(12)11(2)6-5-10/h3-4H,5-6H2,1-2H3. The summed E-state index contributed by atoms with van der Waals surface area (Å²) in [5, 5.41) is 0.819. The maximum absolute atomic E-state index is 11.7. The Kier molecular flexibility index (Phi) is 3.93. The van der Waals surface area contributed by atoms with Gasteiger partial charge in [0.05, 0.1) is 4.88 Å². The maximum Gasteiger partial charge on any atom is 0.263 e. The highest BCUT2D eigenvalue weighted by Gasteiger charge is 2.12. The Hall–Kier alpha value is -0.350. The molecular weight excluding hydrogens is 250 g/mol. The third-order valence-electron chi connectivity index (χ3n) is 1.72. The summed E-state index contributed by atoms with van der Waals surface area (Å²) in [5.41, 5.74) is 0. The fraction of sp³-hybridized carbons (Fsp3) is 0.444. The molecule has 0 radical (unpaired) electrons. The molecule has 0 saturated carbocycles. The summed E-state index contributed by atoms with van der Waals surface area (Å²) in [5.74, 6) is 0.109. The SMILES string of the molecule is Cc1ccc(C(=O)N(C)CCBr)s1. The quantitative estimate of drug-likeness (QED) is 0.766. The number of rotatable bonds is 3. The number of carbonyl (C=O) groups excluding carboxylic acids is 1. The number of halogens is 1. The van der Waals surface area contributed by atoms with Gasteiger partial charge in [-0.1, -0.05) is 15.9 Å². The lowest BCUT2D eigenvalue weighted by Crippen LogP contribution is -2.27. The summed E-state index contributed by atoms with van der Waals surface area (Å²) >= 11 is 4.85. The molecule has 0 aliphatic heterocycles. The summed E-state index contributed by atoms with van der Waals surface area (Å²) in [7, 11) is 1.82. The van der Waals surface area contributed by atoms with E-state index >= 15 is 0 Å². The normalized spacial score (nSPS) is 10.1. The van der Waals surface area contributed by atoms with Crippen molar-refractivity contribution in [3.05, 3.63) is 21.9 Å². The highest BCUT2D eigenvalue weighted by Crippen LogP contribution is 2.16. The molecule has 13 heavy (non-hydrogen) atoms. The number of alkyl halides is 1. The average Bonchev–Trinajstić information content (AvgIpc) is 2.51. The average molecular weight is 262 g/mol. The Morgan fingerprint density at radius 1 is 1.62 bits per heavy atom. The van der Waals surface area contributed by atoms with E-state index in [0.29, 0.717) is 0 Å². The van der Waals surface area contributed by atoms with Crippen molar-refractivity contribution in [1.29, 1.82) is 0 Å². The summed E-state index contributed by atoms with van der Waals surface area (Å²) in [6.45, 7) is 2.75. The number of aryl methyl sites for hydroxylation is 1. The molecule has 1 aromatic rings. The van der Waals surface area contributed by atoms with E-state index in [-0.39, 0.29) is 5.91 Å². The van der Waals surface area contributed by atoms with Crippen LogP contribution in [0, 0.1) is 6.92 Å². The molecule has 0 fully saturated rings. The van der Waals surface area contributed by atoms with Crippen molar-refractivity contribution >= 4 is 33.2 Å². The van der Waals surface area contributed by atoms with E-state index in [1.165, 1.54) is 4.88 Å². The van der Waals surface area contributed by atoms with Gasteiger partial charge >= 0.3 is 0 Å². The van der Waals surface area contributed by atoms with Crippen LogP contribution in [0.2, 0.25) is 0 Å². The van der Waals surface area contributed by atoms with Crippen LogP contribution < -0.4 is 0 Å². The zero-order valence-electron chi connectivity index (χ0n) is 7.71. The van der Waals surface area contributed by atoms with E-state index < -0.39 is 0 Å². The van der Waals surface area contributed by atoms with Crippen LogP contribution in [0.5, 0.6) is 0 Å². The molecule has 1 rings (SSSR count). The first-order valence-corrected chi connectivity index (χ1v) is 5.97. The van der Waals surface area contributed by atoms with Crippen molar-refractivity contribution < 1.29 is 4.79 Å². The largest absolute Gasteiger partial charge is 0.340 e. The first-order chi connectivity index (χ1) is 6.15. The predicted octanol–water partition coefficient (Wildman–Crippen LogP) is 2.52. The lowest BCUT2D eigenvalue weighted by atomic mass is 10.4. The van der Waals surface area contributed by atoms with Crippen LogP contribution in [-0.4, -0.2) is 29.7 Å². The van der Waals surface area contributed by atoms with E-state index in [1.54, 1.807) is 16.2 Å².